The third-order valence-electron chi connectivity index (χ3n) is 8.02. The molecule has 2 aromatic carbocycles. The first kappa shape index (κ1) is 38.8. The molecule has 0 saturated carbocycles. The first-order chi connectivity index (χ1) is 22.1. The molecule has 0 amide bonds. The van der Waals surface area contributed by atoms with Crippen molar-refractivity contribution in [3.05, 3.63) is 36.4 Å². The molecule has 1 aromatic heterocycles. The van der Waals surface area contributed by atoms with Crippen molar-refractivity contribution in [2.75, 3.05) is 0 Å². The number of benzene rings is 2. The van der Waals surface area contributed by atoms with Gasteiger partial charge in [0.2, 0.25) is 0 Å². The Bertz CT molecular complexity index is 1550. The van der Waals surface area contributed by atoms with Crippen molar-refractivity contribution in [1.29, 1.82) is 0 Å². The SMILES string of the molecule is CCCCCCCCCCCCCCCCCCn1c2cc(OS(=O)(=O)C(F)(F)F)ccc2c2ccc(OS(=O)(=O)C(F)(F)F)cc21. The van der Waals surface area contributed by atoms with Crippen LogP contribution in [0.2, 0.25) is 0 Å². The van der Waals surface area contributed by atoms with Gasteiger partial charge in [0.15, 0.2) is 0 Å². The monoisotopic (exact) mass is 715 g/mol. The third kappa shape index (κ3) is 11.2. The van der Waals surface area contributed by atoms with Gasteiger partial charge in [-0.15, -0.1) is 0 Å². The van der Waals surface area contributed by atoms with Crippen molar-refractivity contribution >= 4 is 42.0 Å². The summed E-state index contributed by atoms with van der Waals surface area (Å²) >= 11 is 0. The summed E-state index contributed by atoms with van der Waals surface area (Å²) in [5.41, 5.74) is -10.8. The fraction of sp³-hybridized carbons (Fsp3) is 0.625. The van der Waals surface area contributed by atoms with E-state index in [9.17, 15) is 43.2 Å². The number of unbranched alkanes of at least 4 members (excludes halogenated alkanes) is 15. The highest BCUT2D eigenvalue weighted by molar-refractivity contribution is 7.88. The van der Waals surface area contributed by atoms with Crippen LogP contribution in [0, 0.1) is 0 Å². The smallest absolute Gasteiger partial charge is 0.376 e. The Balaban J connectivity index is 1.63. The molecule has 0 bridgehead atoms. The van der Waals surface area contributed by atoms with Gasteiger partial charge in [-0.2, -0.15) is 43.2 Å². The van der Waals surface area contributed by atoms with Gasteiger partial charge in [0.25, 0.3) is 0 Å². The van der Waals surface area contributed by atoms with Gasteiger partial charge in [0.05, 0.1) is 11.0 Å². The van der Waals surface area contributed by atoms with Crippen LogP contribution < -0.4 is 8.37 Å². The summed E-state index contributed by atoms with van der Waals surface area (Å²) in [4.78, 5) is 0. The predicted octanol–water partition coefficient (Wildman–Crippen LogP) is 10.5. The highest BCUT2D eigenvalue weighted by Gasteiger charge is 2.49. The lowest BCUT2D eigenvalue weighted by Crippen LogP contribution is -2.28. The molecule has 0 spiro atoms. The second-order valence-electron chi connectivity index (χ2n) is 11.8. The Labute approximate surface area is 272 Å². The van der Waals surface area contributed by atoms with E-state index < -0.39 is 42.8 Å². The number of aryl methyl sites for hydroxylation is 1. The lowest BCUT2D eigenvalue weighted by molar-refractivity contribution is -0.0504. The number of hydrogen-bond acceptors (Lipinski definition) is 6. The molecule has 0 fully saturated rings. The van der Waals surface area contributed by atoms with E-state index in [-0.39, 0.29) is 17.6 Å². The molecule has 7 nitrogen and oxygen atoms in total. The maximum atomic E-state index is 12.9. The van der Waals surface area contributed by atoms with Gasteiger partial charge < -0.3 is 12.9 Å². The van der Waals surface area contributed by atoms with Crippen LogP contribution in [0.5, 0.6) is 11.5 Å². The Kier molecular flexibility index (Phi) is 14.1. The predicted molar refractivity (Wildman–Crippen MR) is 170 cm³/mol. The summed E-state index contributed by atoms with van der Waals surface area (Å²) in [6, 6.07) is 6.91. The van der Waals surface area contributed by atoms with Gasteiger partial charge in [0.1, 0.15) is 11.5 Å². The van der Waals surface area contributed by atoms with Crippen LogP contribution in [-0.2, 0) is 26.8 Å². The number of alkyl halides is 6. The van der Waals surface area contributed by atoms with Crippen LogP contribution in [0.3, 0.4) is 0 Å². The highest BCUT2D eigenvalue weighted by atomic mass is 32.2. The normalized spacial score (nSPS) is 13.1. The van der Waals surface area contributed by atoms with E-state index >= 15 is 0 Å². The lowest BCUT2D eigenvalue weighted by atomic mass is 10.0. The Morgan fingerprint density at radius 1 is 0.532 bits per heavy atom. The van der Waals surface area contributed by atoms with E-state index in [1.165, 1.54) is 76.3 Å². The molecular formula is C32H43F6NO6S2. The Morgan fingerprint density at radius 2 is 0.851 bits per heavy atom. The summed E-state index contributed by atoms with van der Waals surface area (Å²) in [5, 5.41) is 0.886. The van der Waals surface area contributed by atoms with E-state index in [0.717, 1.165) is 56.4 Å². The molecule has 0 radical (unpaired) electrons. The molecule has 0 aliphatic rings. The summed E-state index contributed by atoms with van der Waals surface area (Å²) in [5.74, 6) is -1.22. The average Bonchev–Trinajstić information content (AvgIpc) is 3.27. The Hall–Kier alpha value is -2.68. The molecule has 266 valence electrons. The van der Waals surface area contributed by atoms with Crippen LogP contribution in [0.1, 0.15) is 110 Å². The fourth-order valence-electron chi connectivity index (χ4n) is 5.57. The van der Waals surface area contributed by atoms with E-state index in [1.54, 1.807) is 4.57 Å². The summed E-state index contributed by atoms with van der Waals surface area (Å²) in [6.45, 7) is 2.48. The topological polar surface area (TPSA) is 91.7 Å². The molecule has 3 rings (SSSR count). The first-order valence-electron chi connectivity index (χ1n) is 16.1. The van der Waals surface area contributed by atoms with Crippen molar-refractivity contribution in [1.82, 2.24) is 4.57 Å². The number of fused-ring (bicyclic) bond motifs is 3. The second kappa shape index (κ2) is 17.1. The van der Waals surface area contributed by atoms with E-state index in [1.807, 2.05) is 0 Å². The molecule has 0 aliphatic carbocycles. The van der Waals surface area contributed by atoms with Gasteiger partial charge in [-0.3, -0.25) is 0 Å². The van der Waals surface area contributed by atoms with Crippen LogP contribution in [0.4, 0.5) is 26.3 Å². The first-order valence-corrected chi connectivity index (χ1v) is 19.0. The molecule has 0 saturated heterocycles. The maximum Gasteiger partial charge on any atom is 0.534 e. The standard InChI is InChI=1S/C32H43F6NO6S2/c1-2-3-4-5-6-7-8-9-10-11-12-13-14-15-16-17-22-39-29-23-25(44-46(40,41)31(33,34)35)18-20-27(29)28-21-19-26(24-30(28)39)45-47(42,43)32(36,37)38/h18-21,23-24H,2-17,22H2,1H3. The number of halogens is 6. The van der Waals surface area contributed by atoms with Crippen LogP contribution >= 0.6 is 0 Å². The van der Waals surface area contributed by atoms with Gasteiger partial charge in [-0.1, -0.05) is 103 Å². The number of aromatic nitrogens is 1. The van der Waals surface area contributed by atoms with E-state index in [0.29, 0.717) is 17.2 Å². The van der Waals surface area contributed by atoms with Crippen molar-refractivity contribution in [2.45, 2.75) is 127 Å². The molecule has 47 heavy (non-hydrogen) atoms. The molecule has 1 heterocycles. The zero-order valence-electron chi connectivity index (χ0n) is 26.5. The summed E-state index contributed by atoms with van der Waals surface area (Å²) < 4.78 is 134. The van der Waals surface area contributed by atoms with Gasteiger partial charge in [0, 0.05) is 29.4 Å². The summed E-state index contributed by atoms with van der Waals surface area (Å²) in [6.07, 6.45) is 18.4. The largest absolute Gasteiger partial charge is 0.534 e. The summed E-state index contributed by atoms with van der Waals surface area (Å²) in [7, 11) is -11.9. The van der Waals surface area contributed by atoms with E-state index in [4.69, 9.17) is 0 Å². The molecule has 15 heteroatoms. The molecule has 3 aromatic rings. The maximum absolute atomic E-state index is 12.9. The van der Waals surface area contributed by atoms with Crippen molar-refractivity contribution in [3.8, 4) is 11.5 Å². The minimum Gasteiger partial charge on any atom is -0.376 e. The van der Waals surface area contributed by atoms with Crippen LogP contribution in [0.15, 0.2) is 36.4 Å². The number of nitrogens with zero attached hydrogens (tertiary/aromatic N) is 1. The average molecular weight is 716 g/mol. The second-order valence-corrected chi connectivity index (χ2v) is 14.9. The lowest BCUT2D eigenvalue weighted by Gasteiger charge is -2.12. The Morgan fingerprint density at radius 3 is 1.17 bits per heavy atom. The van der Waals surface area contributed by atoms with Gasteiger partial charge in [-0.05, 0) is 30.7 Å². The van der Waals surface area contributed by atoms with Crippen molar-refractivity contribution in [2.24, 2.45) is 0 Å². The third-order valence-corrected chi connectivity index (χ3v) is 9.98. The van der Waals surface area contributed by atoms with Gasteiger partial charge >= 0.3 is 31.3 Å². The molecule has 0 N–H and O–H groups in total. The van der Waals surface area contributed by atoms with Gasteiger partial charge in [-0.25, -0.2) is 0 Å². The molecule has 0 atom stereocenters. The zero-order valence-corrected chi connectivity index (χ0v) is 28.1. The van der Waals surface area contributed by atoms with E-state index in [2.05, 4.69) is 15.3 Å². The highest BCUT2D eigenvalue weighted by Crippen LogP contribution is 2.37. The minimum atomic E-state index is -5.95. The number of hydrogen-bond donors (Lipinski definition) is 0. The fourth-order valence-corrected chi connectivity index (χ4v) is 6.47. The zero-order chi connectivity index (χ0) is 34.7. The van der Waals surface area contributed by atoms with Crippen molar-refractivity contribution < 1.29 is 51.5 Å². The minimum absolute atomic E-state index is 0.256. The molecular weight excluding hydrogens is 672 g/mol. The van der Waals surface area contributed by atoms with Crippen LogP contribution in [0.25, 0.3) is 21.8 Å². The molecule has 0 aliphatic heterocycles. The van der Waals surface area contributed by atoms with Crippen LogP contribution in [-0.4, -0.2) is 32.4 Å². The van der Waals surface area contributed by atoms with Crippen molar-refractivity contribution in [3.63, 3.8) is 0 Å². The number of rotatable bonds is 21. The quantitative estimate of drug-likeness (QED) is 0.0472. The molecule has 0 unspecified atom stereocenters.